The molecule has 8 nitrogen and oxygen atoms in total. The SMILES string of the molecule is CN(C)CCC(=O)N(c1ccc(NC(=C2C(=O)Nc3cc(Cl)ccc32)c2ccccc2)cc1)C(C)(C)C(N)=O. The summed E-state index contributed by atoms with van der Waals surface area (Å²) in [5.74, 6) is -1.06. The number of halogens is 1. The number of benzene rings is 3. The summed E-state index contributed by atoms with van der Waals surface area (Å²) in [6, 6.07) is 22.0. The first kappa shape index (κ1) is 27.9. The van der Waals surface area contributed by atoms with Crippen LogP contribution in [0.2, 0.25) is 5.02 Å². The number of amides is 3. The van der Waals surface area contributed by atoms with Crippen LogP contribution in [0.25, 0.3) is 11.3 Å². The van der Waals surface area contributed by atoms with Crippen LogP contribution in [0.3, 0.4) is 0 Å². The fourth-order valence-electron chi connectivity index (χ4n) is 4.43. The van der Waals surface area contributed by atoms with E-state index in [1.165, 1.54) is 4.90 Å². The third-order valence-electron chi connectivity index (χ3n) is 6.62. The number of nitrogens with two attached hydrogens (primary N) is 1. The lowest BCUT2D eigenvalue weighted by molar-refractivity contribution is -0.127. The standard InChI is InChI=1S/C30H32ClN5O3/c1-30(2,29(32)39)36(25(37)16-17-35(3)4)22-13-11-21(12-14-22)33-27(19-8-6-5-7-9-19)26-23-15-10-20(31)18-24(23)34-28(26)38/h5-15,18,33H,16-17H2,1-4H3,(H2,32,39)(H,34,38). The Morgan fingerprint density at radius 3 is 2.28 bits per heavy atom. The molecule has 4 N–H and O–H groups in total. The van der Waals surface area contributed by atoms with Crippen LogP contribution in [0, 0.1) is 0 Å². The molecular weight excluding hydrogens is 514 g/mol. The van der Waals surface area contributed by atoms with Gasteiger partial charge in [0, 0.05) is 34.9 Å². The van der Waals surface area contributed by atoms with E-state index < -0.39 is 11.4 Å². The second kappa shape index (κ2) is 11.3. The van der Waals surface area contributed by atoms with Gasteiger partial charge < -0.3 is 21.3 Å². The zero-order valence-corrected chi connectivity index (χ0v) is 23.2. The molecule has 0 spiro atoms. The van der Waals surface area contributed by atoms with E-state index in [1.54, 1.807) is 50.2 Å². The van der Waals surface area contributed by atoms with Gasteiger partial charge in [0.2, 0.25) is 11.8 Å². The van der Waals surface area contributed by atoms with Crippen molar-refractivity contribution in [3.63, 3.8) is 0 Å². The molecule has 0 saturated heterocycles. The fourth-order valence-corrected chi connectivity index (χ4v) is 4.61. The number of carbonyl (C=O) groups is 3. The monoisotopic (exact) mass is 545 g/mol. The minimum absolute atomic E-state index is 0.210. The minimum atomic E-state index is -1.23. The largest absolute Gasteiger partial charge is 0.368 e. The Morgan fingerprint density at radius 1 is 1.00 bits per heavy atom. The Hall–Kier alpha value is -4.14. The van der Waals surface area contributed by atoms with E-state index in [9.17, 15) is 14.4 Å². The molecule has 3 aromatic carbocycles. The van der Waals surface area contributed by atoms with Crippen LogP contribution in [0.1, 0.15) is 31.4 Å². The van der Waals surface area contributed by atoms with E-state index in [-0.39, 0.29) is 18.2 Å². The Kier molecular flexibility index (Phi) is 8.09. The summed E-state index contributed by atoms with van der Waals surface area (Å²) in [5, 5.41) is 6.83. The van der Waals surface area contributed by atoms with Gasteiger partial charge in [-0.15, -0.1) is 0 Å². The molecule has 0 bridgehead atoms. The van der Waals surface area contributed by atoms with Crippen LogP contribution in [-0.4, -0.2) is 48.8 Å². The maximum absolute atomic E-state index is 13.2. The molecule has 0 radical (unpaired) electrons. The third-order valence-corrected chi connectivity index (χ3v) is 6.85. The molecule has 1 aliphatic rings. The van der Waals surface area contributed by atoms with Crippen molar-refractivity contribution in [2.75, 3.05) is 36.2 Å². The molecule has 3 aromatic rings. The second-order valence-corrected chi connectivity index (χ2v) is 10.6. The summed E-state index contributed by atoms with van der Waals surface area (Å²) in [5.41, 5.74) is 9.02. The number of fused-ring (bicyclic) bond motifs is 1. The number of nitrogens with zero attached hydrogens (tertiary/aromatic N) is 2. The van der Waals surface area contributed by atoms with Gasteiger partial charge in [-0.05, 0) is 69.9 Å². The first-order valence-corrected chi connectivity index (χ1v) is 12.9. The van der Waals surface area contributed by atoms with Crippen molar-refractivity contribution in [3.8, 4) is 0 Å². The molecule has 9 heteroatoms. The summed E-state index contributed by atoms with van der Waals surface area (Å²) >= 11 is 6.15. The average Bonchev–Trinajstić information content (AvgIpc) is 3.21. The summed E-state index contributed by atoms with van der Waals surface area (Å²) in [6.07, 6.45) is 0.229. The van der Waals surface area contributed by atoms with Crippen molar-refractivity contribution in [2.24, 2.45) is 5.73 Å². The zero-order chi connectivity index (χ0) is 28.3. The molecular formula is C30H32ClN5O3. The first-order valence-electron chi connectivity index (χ1n) is 12.5. The van der Waals surface area contributed by atoms with Gasteiger partial charge >= 0.3 is 0 Å². The minimum Gasteiger partial charge on any atom is -0.368 e. The Balaban J connectivity index is 1.73. The van der Waals surface area contributed by atoms with Gasteiger partial charge in [0.15, 0.2) is 0 Å². The lowest BCUT2D eigenvalue weighted by Gasteiger charge is -2.36. The van der Waals surface area contributed by atoms with Crippen molar-refractivity contribution < 1.29 is 14.4 Å². The van der Waals surface area contributed by atoms with E-state index in [2.05, 4.69) is 10.6 Å². The van der Waals surface area contributed by atoms with Gasteiger partial charge in [-0.1, -0.05) is 48.0 Å². The van der Waals surface area contributed by atoms with Crippen LogP contribution >= 0.6 is 11.6 Å². The second-order valence-electron chi connectivity index (χ2n) is 10.1. The van der Waals surface area contributed by atoms with Crippen LogP contribution in [-0.2, 0) is 14.4 Å². The molecule has 39 heavy (non-hydrogen) atoms. The molecule has 1 aliphatic heterocycles. The molecule has 0 saturated carbocycles. The lowest BCUT2D eigenvalue weighted by Crippen LogP contribution is -2.56. The van der Waals surface area contributed by atoms with E-state index in [0.29, 0.717) is 39.9 Å². The normalized spacial score (nSPS) is 14.1. The van der Waals surface area contributed by atoms with Crippen molar-refractivity contribution in [2.45, 2.75) is 25.8 Å². The number of carbonyl (C=O) groups excluding carboxylic acids is 3. The number of hydrogen-bond donors (Lipinski definition) is 3. The number of anilines is 3. The van der Waals surface area contributed by atoms with Gasteiger partial charge in [0.05, 0.1) is 17.0 Å². The number of hydrogen-bond acceptors (Lipinski definition) is 5. The maximum Gasteiger partial charge on any atom is 0.258 e. The van der Waals surface area contributed by atoms with Crippen molar-refractivity contribution >= 4 is 57.7 Å². The highest BCUT2D eigenvalue weighted by molar-refractivity contribution is 6.38. The molecule has 0 atom stereocenters. The molecule has 3 amide bonds. The summed E-state index contributed by atoms with van der Waals surface area (Å²) < 4.78 is 0. The van der Waals surface area contributed by atoms with E-state index >= 15 is 0 Å². The molecule has 0 aromatic heterocycles. The Bertz CT molecular complexity index is 1430. The molecule has 1 heterocycles. The number of nitrogens with one attached hydrogen (secondary N) is 2. The molecule has 4 rings (SSSR count). The highest BCUT2D eigenvalue weighted by atomic mass is 35.5. The first-order chi connectivity index (χ1) is 18.5. The highest BCUT2D eigenvalue weighted by Gasteiger charge is 2.37. The smallest absolute Gasteiger partial charge is 0.258 e. The number of rotatable bonds is 9. The van der Waals surface area contributed by atoms with E-state index in [4.69, 9.17) is 17.3 Å². The van der Waals surface area contributed by atoms with Gasteiger partial charge in [-0.2, -0.15) is 0 Å². The summed E-state index contributed by atoms with van der Waals surface area (Å²) in [6.45, 7) is 3.80. The van der Waals surface area contributed by atoms with Crippen LogP contribution < -0.4 is 21.3 Å². The van der Waals surface area contributed by atoms with Crippen LogP contribution in [0.15, 0.2) is 72.8 Å². The summed E-state index contributed by atoms with van der Waals surface area (Å²) in [4.78, 5) is 42.0. The number of primary amides is 1. The molecule has 0 unspecified atom stereocenters. The quantitative estimate of drug-likeness (QED) is 0.334. The topological polar surface area (TPSA) is 108 Å². The highest BCUT2D eigenvalue weighted by Crippen LogP contribution is 2.39. The third kappa shape index (κ3) is 5.97. The van der Waals surface area contributed by atoms with Crippen molar-refractivity contribution in [1.29, 1.82) is 0 Å². The van der Waals surface area contributed by atoms with E-state index in [0.717, 1.165) is 11.1 Å². The van der Waals surface area contributed by atoms with Crippen molar-refractivity contribution in [1.82, 2.24) is 4.90 Å². The fraction of sp³-hybridized carbons (Fsp3) is 0.233. The maximum atomic E-state index is 13.2. The van der Waals surface area contributed by atoms with Gasteiger partial charge in [-0.3, -0.25) is 19.3 Å². The van der Waals surface area contributed by atoms with Gasteiger partial charge in [0.1, 0.15) is 5.54 Å². The van der Waals surface area contributed by atoms with Gasteiger partial charge in [0.25, 0.3) is 5.91 Å². The summed E-state index contributed by atoms with van der Waals surface area (Å²) in [7, 11) is 3.77. The van der Waals surface area contributed by atoms with E-state index in [1.807, 2.05) is 55.4 Å². The molecule has 0 fully saturated rings. The van der Waals surface area contributed by atoms with Gasteiger partial charge in [-0.25, -0.2) is 0 Å². The van der Waals surface area contributed by atoms with Crippen molar-refractivity contribution in [3.05, 3.63) is 88.9 Å². The predicted octanol–water partition coefficient (Wildman–Crippen LogP) is 4.82. The Morgan fingerprint density at radius 2 is 1.67 bits per heavy atom. The zero-order valence-electron chi connectivity index (χ0n) is 22.4. The Labute approximate surface area is 233 Å². The molecule has 202 valence electrons. The van der Waals surface area contributed by atoms with Crippen LogP contribution in [0.5, 0.6) is 0 Å². The van der Waals surface area contributed by atoms with Crippen LogP contribution in [0.4, 0.5) is 17.1 Å². The lowest BCUT2D eigenvalue weighted by atomic mass is 9.99. The average molecular weight is 546 g/mol. The molecule has 0 aliphatic carbocycles. The predicted molar refractivity (Wildman–Crippen MR) is 157 cm³/mol.